The van der Waals surface area contributed by atoms with Gasteiger partial charge in [0, 0.05) is 13.1 Å². The van der Waals surface area contributed by atoms with Gasteiger partial charge < -0.3 is 15.3 Å². The van der Waals surface area contributed by atoms with E-state index in [1.807, 2.05) is 19.1 Å². The zero-order chi connectivity index (χ0) is 14.8. The fraction of sp³-hybridized carbons (Fsp3) is 0.625. The molecule has 0 aromatic carbocycles. The van der Waals surface area contributed by atoms with Crippen molar-refractivity contribution in [2.24, 2.45) is 5.92 Å². The Labute approximate surface area is 125 Å². The third kappa shape index (κ3) is 3.02. The van der Waals surface area contributed by atoms with Crippen molar-refractivity contribution in [1.82, 2.24) is 4.98 Å². The van der Waals surface area contributed by atoms with Gasteiger partial charge in [0.2, 0.25) is 5.91 Å². The van der Waals surface area contributed by atoms with Crippen LogP contribution in [0, 0.1) is 12.8 Å². The van der Waals surface area contributed by atoms with Crippen molar-refractivity contribution < 1.29 is 9.90 Å². The first-order chi connectivity index (χ1) is 10.1. The van der Waals surface area contributed by atoms with Crippen LogP contribution < -0.4 is 10.2 Å². The Morgan fingerprint density at radius 2 is 2.05 bits per heavy atom. The maximum absolute atomic E-state index is 12.2. The van der Waals surface area contributed by atoms with Crippen LogP contribution in [-0.2, 0) is 4.79 Å². The molecule has 21 heavy (non-hydrogen) atoms. The summed E-state index contributed by atoms with van der Waals surface area (Å²) in [7, 11) is 0. The van der Waals surface area contributed by atoms with Crippen molar-refractivity contribution in [1.29, 1.82) is 0 Å². The molecule has 2 unspecified atom stereocenters. The summed E-state index contributed by atoms with van der Waals surface area (Å²) in [4.78, 5) is 19.1. The van der Waals surface area contributed by atoms with Crippen LogP contribution >= 0.6 is 0 Å². The zero-order valence-corrected chi connectivity index (χ0v) is 12.5. The lowest BCUT2D eigenvalue weighted by atomic mass is 10.1. The molecule has 1 aromatic heterocycles. The first kappa shape index (κ1) is 14.3. The molecule has 1 amide bonds. The number of anilines is 2. The van der Waals surface area contributed by atoms with Gasteiger partial charge in [-0.3, -0.25) is 4.79 Å². The van der Waals surface area contributed by atoms with Crippen molar-refractivity contribution in [3.8, 4) is 0 Å². The maximum Gasteiger partial charge on any atom is 0.230 e. The molecule has 0 bridgehead atoms. The summed E-state index contributed by atoms with van der Waals surface area (Å²) >= 11 is 0. The highest BCUT2D eigenvalue weighted by Crippen LogP contribution is 2.28. The van der Waals surface area contributed by atoms with Crippen LogP contribution in [0.4, 0.5) is 11.5 Å². The molecule has 2 aliphatic rings. The van der Waals surface area contributed by atoms with Gasteiger partial charge in [-0.05, 0) is 51.2 Å². The molecule has 1 saturated carbocycles. The SMILES string of the molecule is Cc1nc(N2CCCC2)ccc1NC(=O)C1CCCC1O. The van der Waals surface area contributed by atoms with E-state index < -0.39 is 6.10 Å². The molecule has 2 N–H and O–H groups in total. The standard InChI is InChI=1S/C16H23N3O2/c1-11-13(18-16(21)12-5-4-6-14(12)20)7-8-15(17-11)19-9-2-3-10-19/h7-8,12,14,20H,2-6,9-10H2,1H3,(H,18,21). The number of aryl methyl sites for hydroxylation is 1. The zero-order valence-electron chi connectivity index (χ0n) is 12.5. The van der Waals surface area contributed by atoms with Gasteiger partial charge in [-0.15, -0.1) is 0 Å². The molecule has 5 nitrogen and oxygen atoms in total. The van der Waals surface area contributed by atoms with Crippen molar-refractivity contribution >= 4 is 17.4 Å². The Kier molecular flexibility index (Phi) is 4.10. The second-order valence-electron chi connectivity index (χ2n) is 6.09. The molecule has 1 aromatic rings. The molecule has 5 heteroatoms. The van der Waals surface area contributed by atoms with Crippen LogP contribution in [0.25, 0.3) is 0 Å². The van der Waals surface area contributed by atoms with Crippen LogP contribution in [0.1, 0.15) is 37.8 Å². The maximum atomic E-state index is 12.2. The van der Waals surface area contributed by atoms with Crippen LogP contribution in [0.5, 0.6) is 0 Å². The van der Waals surface area contributed by atoms with Gasteiger partial charge in [0.15, 0.2) is 0 Å². The molecule has 2 fully saturated rings. The number of carbonyl (C=O) groups excluding carboxylic acids is 1. The molecule has 1 aliphatic heterocycles. The normalized spacial score (nSPS) is 25.3. The van der Waals surface area contributed by atoms with Gasteiger partial charge in [-0.25, -0.2) is 4.98 Å². The Balaban J connectivity index is 1.69. The molecule has 2 heterocycles. The third-order valence-electron chi connectivity index (χ3n) is 4.58. The number of aliphatic hydroxyl groups excluding tert-OH is 1. The number of pyridine rings is 1. The number of carbonyl (C=O) groups is 1. The predicted octanol–water partition coefficient (Wildman–Crippen LogP) is 2.09. The average Bonchev–Trinajstić information content (AvgIpc) is 3.12. The summed E-state index contributed by atoms with van der Waals surface area (Å²) in [5.74, 6) is 0.630. The van der Waals surface area contributed by atoms with Crippen LogP contribution in [0.3, 0.4) is 0 Å². The van der Waals surface area contributed by atoms with E-state index in [0.29, 0.717) is 0 Å². The lowest BCUT2D eigenvalue weighted by Gasteiger charge is -2.19. The molecular weight excluding hydrogens is 266 g/mol. The first-order valence-electron chi connectivity index (χ1n) is 7.86. The summed E-state index contributed by atoms with van der Waals surface area (Å²) in [6.07, 6.45) is 4.36. The van der Waals surface area contributed by atoms with E-state index in [9.17, 15) is 9.90 Å². The van der Waals surface area contributed by atoms with Crippen LogP contribution in [0.2, 0.25) is 0 Å². The van der Waals surface area contributed by atoms with Gasteiger partial charge >= 0.3 is 0 Å². The summed E-state index contributed by atoms with van der Waals surface area (Å²) < 4.78 is 0. The van der Waals surface area contributed by atoms with E-state index in [0.717, 1.165) is 49.6 Å². The fourth-order valence-electron chi connectivity index (χ4n) is 3.27. The molecule has 0 spiro atoms. The minimum absolute atomic E-state index is 0.0844. The molecule has 1 aliphatic carbocycles. The van der Waals surface area contributed by atoms with Gasteiger partial charge in [-0.1, -0.05) is 0 Å². The highest BCUT2D eigenvalue weighted by molar-refractivity contribution is 5.93. The van der Waals surface area contributed by atoms with Crippen molar-refractivity contribution in [2.45, 2.75) is 45.1 Å². The largest absolute Gasteiger partial charge is 0.392 e. The molecule has 1 saturated heterocycles. The quantitative estimate of drug-likeness (QED) is 0.894. The van der Waals surface area contributed by atoms with Crippen molar-refractivity contribution in [3.05, 3.63) is 17.8 Å². The second kappa shape index (κ2) is 6.02. The highest BCUT2D eigenvalue weighted by atomic mass is 16.3. The number of amides is 1. The summed E-state index contributed by atoms with van der Waals surface area (Å²) in [6.45, 7) is 4.04. The topological polar surface area (TPSA) is 65.5 Å². The molecule has 114 valence electrons. The van der Waals surface area contributed by atoms with E-state index in [1.54, 1.807) is 0 Å². The Morgan fingerprint density at radius 3 is 2.67 bits per heavy atom. The first-order valence-corrected chi connectivity index (χ1v) is 7.86. The Morgan fingerprint density at radius 1 is 1.29 bits per heavy atom. The molecule has 0 radical (unpaired) electrons. The number of hydrogen-bond donors (Lipinski definition) is 2. The highest BCUT2D eigenvalue weighted by Gasteiger charge is 2.31. The lowest BCUT2D eigenvalue weighted by molar-refractivity contribution is -0.122. The van der Waals surface area contributed by atoms with Gasteiger partial charge in [0.05, 0.1) is 23.4 Å². The summed E-state index contributed by atoms with van der Waals surface area (Å²) in [6, 6.07) is 3.90. The van der Waals surface area contributed by atoms with Gasteiger partial charge in [0.25, 0.3) is 0 Å². The number of hydrogen-bond acceptors (Lipinski definition) is 4. The number of nitrogens with one attached hydrogen (secondary N) is 1. The van der Waals surface area contributed by atoms with Crippen LogP contribution in [0.15, 0.2) is 12.1 Å². The minimum Gasteiger partial charge on any atom is -0.392 e. The average molecular weight is 289 g/mol. The van der Waals surface area contributed by atoms with E-state index in [-0.39, 0.29) is 11.8 Å². The predicted molar refractivity (Wildman–Crippen MR) is 82.4 cm³/mol. The third-order valence-corrected chi connectivity index (χ3v) is 4.58. The van der Waals surface area contributed by atoms with Crippen LogP contribution in [-0.4, -0.2) is 35.2 Å². The second-order valence-corrected chi connectivity index (χ2v) is 6.09. The Bertz CT molecular complexity index is 526. The molecular formula is C16H23N3O2. The van der Waals surface area contributed by atoms with Crippen molar-refractivity contribution in [2.75, 3.05) is 23.3 Å². The minimum atomic E-state index is -0.498. The number of aromatic nitrogens is 1. The monoisotopic (exact) mass is 289 g/mol. The van der Waals surface area contributed by atoms with E-state index >= 15 is 0 Å². The van der Waals surface area contributed by atoms with E-state index in [2.05, 4.69) is 15.2 Å². The van der Waals surface area contributed by atoms with Gasteiger partial charge in [0.1, 0.15) is 5.82 Å². The van der Waals surface area contributed by atoms with Gasteiger partial charge in [-0.2, -0.15) is 0 Å². The van der Waals surface area contributed by atoms with E-state index in [4.69, 9.17) is 0 Å². The molecule has 3 rings (SSSR count). The summed E-state index contributed by atoms with van der Waals surface area (Å²) in [5.41, 5.74) is 1.59. The summed E-state index contributed by atoms with van der Waals surface area (Å²) in [5, 5.41) is 12.7. The van der Waals surface area contributed by atoms with E-state index in [1.165, 1.54) is 12.8 Å². The smallest absolute Gasteiger partial charge is 0.230 e. The number of nitrogens with zero attached hydrogens (tertiary/aromatic N) is 2. The fourth-order valence-corrected chi connectivity index (χ4v) is 3.27. The Hall–Kier alpha value is -1.62. The lowest BCUT2D eigenvalue weighted by Crippen LogP contribution is -2.29. The molecule has 2 atom stereocenters. The van der Waals surface area contributed by atoms with Crippen molar-refractivity contribution in [3.63, 3.8) is 0 Å². The number of rotatable bonds is 3. The number of aliphatic hydroxyl groups is 1.